The van der Waals surface area contributed by atoms with Crippen molar-refractivity contribution in [3.63, 3.8) is 0 Å². The van der Waals surface area contributed by atoms with Crippen molar-refractivity contribution in [3.05, 3.63) is 35.9 Å². The number of nitrogens with zero attached hydrogens (tertiary/aromatic N) is 1. The molecule has 0 saturated carbocycles. The van der Waals surface area contributed by atoms with Crippen LogP contribution < -0.4 is 0 Å². The van der Waals surface area contributed by atoms with Crippen LogP contribution in [-0.4, -0.2) is 16.6 Å². The van der Waals surface area contributed by atoms with Gasteiger partial charge in [-0.2, -0.15) is 0 Å². The monoisotopic (exact) mass is 205 g/mol. The van der Waals surface area contributed by atoms with Crippen molar-refractivity contribution < 1.29 is 9.94 Å². The van der Waals surface area contributed by atoms with Gasteiger partial charge in [0.2, 0.25) is 5.79 Å². The predicted octanol–water partition coefficient (Wildman–Crippen LogP) is 2.30. The molecule has 1 aliphatic heterocycles. The number of hydrogen-bond acceptors (Lipinski definition) is 3. The fourth-order valence-corrected chi connectivity index (χ4v) is 1.78. The van der Waals surface area contributed by atoms with E-state index in [4.69, 9.17) is 4.84 Å². The maximum atomic E-state index is 9.99. The fraction of sp³-hybridized carbons (Fsp3) is 0.417. The Hall–Kier alpha value is -1.35. The lowest BCUT2D eigenvalue weighted by Crippen LogP contribution is -2.28. The molecule has 1 unspecified atom stereocenters. The van der Waals surface area contributed by atoms with Gasteiger partial charge in [0, 0.05) is 6.42 Å². The minimum Gasteiger partial charge on any atom is -0.360 e. The van der Waals surface area contributed by atoms with Gasteiger partial charge in [0.1, 0.15) is 0 Å². The van der Waals surface area contributed by atoms with Crippen molar-refractivity contribution in [2.24, 2.45) is 5.16 Å². The largest absolute Gasteiger partial charge is 0.360 e. The van der Waals surface area contributed by atoms with Gasteiger partial charge in [0.25, 0.3) is 0 Å². The molecule has 1 heterocycles. The average molecular weight is 205 g/mol. The van der Waals surface area contributed by atoms with Crippen LogP contribution in [0.15, 0.2) is 35.5 Å². The summed E-state index contributed by atoms with van der Waals surface area (Å²) in [6.07, 6.45) is 1.98. The first kappa shape index (κ1) is 10.2. The van der Waals surface area contributed by atoms with Crippen molar-refractivity contribution >= 4 is 5.71 Å². The van der Waals surface area contributed by atoms with Gasteiger partial charge in [-0.1, -0.05) is 42.4 Å². The molecule has 3 heteroatoms. The van der Waals surface area contributed by atoms with Crippen LogP contribution in [0.2, 0.25) is 0 Å². The second-order valence-corrected chi connectivity index (χ2v) is 3.87. The average Bonchev–Trinajstić information content (AvgIpc) is 2.63. The van der Waals surface area contributed by atoms with E-state index in [1.807, 2.05) is 37.3 Å². The van der Waals surface area contributed by atoms with E-state index >= 15 is 0 Å². The van der Waals surface area contributed by atoms with Crippen molar-refractivity contribution in [2.45, 2.75) is 32.0 Å². The molecular weight excluding hydrogens is 190 g/mol. The summed E-state index contributed by atoms with van der Waals surface area (Å²) in [4.78, 5) is 5.09. The number of hydrogen-bond donors (Lipinski definition) is 1. The van der Waals surface area contributed by atoms with Gasteiger partial charge in [-0.15, -0.1) is 0 Å². The third-order valence-corrected chi connectivity index (χ3v) is 2.52. The standard InChI is InChI=1S/C12H15NO2/c1-2-8-12(14)9-11(13-15-12)10-6-4-3-5-7-10/h3-7,14H,2,8-9H2,1H3. The van der Waals surface area contributed by atoms with E-state index < -0.39 is 5.79 Å². The zero-order valence-electron chi connectivity index (χ0n) is 8.81. The molecule has 0 radical (unpaired) electrons. The molecule has 1 atom stereocenters. The molecule has 15 heavy (non-hydrogen) atoms. The molecule has 80 valence electrons. The molecule has 0 aliphatic carbocycles. The Morgan fingerprint density at radius 3 is 2.80 bits per heavy atom. The maximum absolute atomic E-state index is 9.99. The number of rotatable bonds is 3. The highest BCUT2D eigenvalue weighted by atomic mass is 16.7. The van der Waals surface area contributed by atoms with Gasteiger partial charge in [0.15, 0.2) is 0 Å². The topological polar surface area (TPSA) is 41.8 Å². The van der Waals surface area contributed by atoms with Crippen molar-refractivity contribution in [3.8, 4) is 0 Å². The molecule has 2 rings (SSSR count). The second kappa shape index (κ2) is 4.03. The fourth-order valence-electron chi connectivity index (χ4n) is 1.78. The van der Waals surface area contributed by atoms with E-state index in [0.29, 0.717) is 12.8 Å². The Morgan fingerprint density at radius 2 is 2.13 bits per heavy atom. The smallest absolute Gasteiger partial charge is 0.240 e. The van der Waals surface area contributed by atoms with Crippen molar-refractivity contribution in [2.75, 3.05) is 0 Å². The first-order valence-corrected chi connectivity index (χ1v) is 5.26. The first-order valence-electron chi connectivity index (χ1n) is 5.26. The minimum atomic E-state index is -1.08. The minimum absolute atomic E-state index is 0.477. The van der Waals surface area contributed by atoms with Crippen LogP contribution in [0.5, 0.6) is 0 Å². The molecule has 0 bridgehead atoms. The van der Waals surface area contributed by atoms with Gasteiger partial charge in [0.05, 0.1) is 12.1 Å². The number of oxime groups is 1. The lowest BCUT2D eigenvalue weighted by atomic mass is 10.0. The quantitative estimate of drug-likeness (QED) is 0.822. The van der Waals surface area contributed by atoms with E-state index in [0.717, 1.165) is 17.7 Å². The van der Waals surface area contributed by atoms with E-state index in [2.05, 4.69) is 5.16 Å². The lowest BCUT2D eigenvalue weighted by molar-refractivity contribution is -0.189. The SMILES string of the molecule is CCCC1(O)CC(c2ccccc2)=NO1. The molecule has 0 spiro atoms. The second-order valence-electron chi connectivity index (χ2n) is 3.87. The molecule has 0 amide bonds. The van der Waals surface area contributed by atoms with Crippen molar-refractivity contribution in [1.82, 2.24) is 0 Å². The Morgan fingerprint density at radius 1 is 1.40 bits per heavy atom. The first-order chi connectivity index (χ1) is 7.23. The van der Waals surface area contributed by atoms with Crippen LogP contribution in [0.25, 0.3) is 0 Å². The van der Waals surface area contributed by atoms with Gasteiger partial charge in [-0.05, 0) is 12.0 Å². The molecule has 1 aromatic rings. The maximum Gasteiger partial charge on any atom is 0.240 e. The summed E-state index contributed by atoms with van der Waals surface area (Å²) in [5, 5.41) is 13.9. The van der Waals surface area contributed by atoms with Gasteiger partial charge < -0.3 is 9.94 Å². The molecule has 0 aromatic heterocycles. The zero-order valence-corrected chi connectivity index (χ0v) is 8.81. The predicted molar refractivity (Wildman–Crippen MR) is 58.5 cm³/mol. The van der Waals surface area contributed by atoms with Crippen LogP contribution in [0.1, 0.15) is 31.7 Å². The van der Waals surface area contributed by atoms with Crippen LogP contribution in [0.4, 0.5) is 0 Å². The highest BCUT2D eigenvalue weighted by molar-refractivity contribution is 6.01. The molecule has 0 saturated heterocycles. The third kappa shape index (κ3) is 2.18. The lowest BCUT2D eigenvalue weighted by Gasteiger charge is -2.18. The normalized spacial score (nSPS) is 24.8. The van der Waals surface area contributed by atoms with Gasteiger partial charge >= 0.3 is 0 Å². The highest BCUT2D eigenvalue weighted by Crippen LogP contribution is 2.28. The highest BCUT2D eigenvalue weighted by Gasteiger charge is 2.36. The Labute approximate surface area is 89.4 Å². The van der Waals surface area contributed by atoms with E-state index in [1.54, 1.807) is 0 Å². The summed E-state index contributed by atoms with van der Waals surface area (Å²) in [6.45, 7) is 2.02. The molecule has 1 aliphatic rings. The van der Waals surface area contributed by atoms with E-state index in [1.165, 1.54) is 0 Å². The summed E-state index contributed by atoms with van der Waals surface area (Å²) in [5.41, 5.74) is 1.84. The number of benzene rings is 1. The van der Waals surface area contributed by atoms with Gasteiger partial charge in [-0.3, -0.25) is 0 Å². The summed E-state index contributed by atoms with van der Waals surface area (Å²) < 4.78 is 0. The summed E-state index contributed by atoms with van der Waals surface area (Å²) in [7, 11) is 0. The van der Waals surface area contributed by atoms with E-state index in [9.17, 15) is 5.11 Å². The van der Waals surface area contributed by atoms with Crippen molar-refractivity contribution in [1.29, 1.82) is 0 Å². The Kier molecular flexibility index (Phi) is 2.73. The summed E-state index contributed by atoms with van der Waals surface area (Å²) >= 11 is 0. The summed E-state index contributed by atoms with van der Waals surface area (Å²) in [6, 6.07) is 9.81. The van der Waals surface area contributed by atoms with E-state index in [-0.39, 0.29) is 0 Å². The Bertz CT molecular complexity index is 361. The number of aliphatic hydroxyl groups is 1. The zero-order chi connectivity index (χ0) is 10.7. The molecule has 0 fully saturated rings. The molecule has 1 N–H and O–H groups in total. The molecule has 1 aromatic carbocycles. The van der Waals surface area contributed by atoms with Crippen LogP contribution in [0, 0.1) is 0 Å². The Balaban J connectivity index is 2.10. The molecule has 3 nitrogen and oxygen atoms in total. The summed E-state index contributed by atoms with van der Waals surface area (Å²) in [5.74, 6) is -1.08. The molecular formula is C12H15NO2. The van der Waals surface area contributed by atoms with Crippen LogP contribution in [0.3, 0.4) is 0 Å². The van der Waals surface area contributed by atoms with Crippen LogP contribution >= 0.6 is 0 Å². The van der Waals surface area contributed by atoms with Gasteiger partial charge in [-0.25, -0.2) is 0 Å². The third-order valence-electron chi connectivity index (χ3n) is 2.52. The van der Waals surface area contributed by atoms with Crippen LogP contribution in [-0.2, 0) is 4.84 Å².